The van der Waals surface area contributed by atoms with Gasteiger partial charge < -0.3 is 10.5 Å². The molecule has 0 bridgehead atoms. The fourth-order valence-electron chi connectivity index (χ4n) is 2.93. The number of ether oxygens (including phenoxy) is 1. The van der Waals surface area contributed by atoms with E-state index < -0.39 is 23.1 Å². The topological polar surface area (TPSA) is 48.1 Å². The monoisotopic (exact) mass is 388 g/mol. The molecule has 3 rings (SSSR count). The van der Waals surface area contributed by atoms with Crippen LogP contribution in [0.25, 0.3) is 0 Å². The van der Waals surface area contributed by atoms with Crippen molar-refractivity contribution in [2.24, 2.45) is 5.73 Å². The van der Waals surface area contributed by atoms with E-state index in [0.717, 1.165) is 12.1 Å². The first-order valence-corrected chi connectivity index (χ1v) is 8.27. The molecule has 1 aromatic carbocycles. The van der Waals surface area contributed by atoms with Gasteiger partial charge in [0.1, 0.15) is 11.6 Å². The van der Waals surface area contributed by atoms with Crippen molar-refractivity contribution < 1.29 is 22.3 Å². The number of hydrogen-bond acceptors (Lipinski definition) is 3. The normalized spacial score (nSPS) is 15.3. The molecule has 2 aromatic rings. The molecule has 0 fully saturated rings. The van der Waals surface area contributed by atoms with E-state index in [4.69, 9.17) is 10.5 Å². The third-order valence-corrected chi connectivity index (χ3v) is 4.37. The summed E-state index contributed by atoms with van der Waals surface area (Å²) in [4.78, 5) is 4.24. The highest BCUT2D eigenvalue weighted by atomic mass is 19.4. The van der Waals surface area contributed by atoms with Crippen LogP contribution in [0.3, 0.4) is 0 Å². The van der Waals surface area contributed by atoms with Crippen molar-refractivity contribution in [2.75, 3.05) is 7.11 Å². The molecule has 0 amide bonds. The van der Waals surface area contributed by atoms with Gasteiger partial charge in [0, 0.05) is 6.42 Å². The van der Waals surface area contributed by atoms with Gasteiger partial charge in [-0.05, 0) is 59.7 Å². The second kappa shape index (κ2) is 7.49. The quantitative estimate of drug-likeness (QED) is 0.599. The van der Waals surface area contributed by atoms with Crippen molar-refractivity contribution in [3.63, 3.8) is 0 Å². The van der Waals surface area contributed by atoms with E-state index in [1.807, 2.05) is 0 Å². The molecule has 1 aliphatic rings. The number of alkyl halides is 3. The number of benzene rings is 1. The van der Waals surface area contributed by atoms with E-state index in [0.29, 0.717) is 17.4 Å². The average molecular weight is 388 g/mol. The van der Waals surface area contributed by atoms with Crippen molar-refractivity contribution in [3.05, 3.63) is 94.4 Å². The van der Waals surface area contributed by atoms with Crippen molar-refractivity contribution in [1.82, 2.24) is 4.98 Å². The third kappa shape index (κ3) is 4.07. The summed E-state index contributed by atoms with van der Waals surface area (Å²) >= 11 is 0. The second-order valence-electron chi connectivity index (χ2n) is 6.30. The maximum absolute atomic E-state index is 14.1. The summed E-state index contributed by atoms with van der Waals surface area (Å²) in [5.41, 5.74) is 10.4. The van der Waals surface area contributed by atoms with E-state index in [1.165, 1.54) is 13.3 Å². The molecule has 1 aliphatic carbocycles. The largest absolute Gasteiger partial charge is 0.495 e. The molecule has 0 spiro atoms. The number of halogens is 4. The zero-order valence-electron chi connectivity index (χ0n) is 14.8. The summed E-state index contributed by atoms with van der Waals surface area (Å²) in [6, 6.07) is 5.44. The maximum atomic E-state index is 14.1. The second-order valence-corrected chi connectivity index (χ2v) is 6.30. The van der Waals surface area contributed by atoms with Crippen molar-refractivity contribution in [1.29, 1.82) is 0 Å². The molecular formula is C21H16F4N2O. The van der Waals surface area contributed by atoms with Gasteiger partial charge in [-0.3, -0.25) is 4.98 Å². The molecule has 28 heavy (non-hydrogen) atoms. The van der Waals surface area contributed by atoms with E-state index in [2.05, 4.69) is 16.4 Å². The molecule has 3 nitrogen and oxygen atoms in total. The Kier molecular flexibility index (Phi) is 5.25. The lowest BCUT2D eigenvalue weighted by Gasteiger charge is -2.31. The van der Waals surface area contributed by atoms with E-state index in [-0.39, 0.29) is 17.7 Å². The molecule has 1 unspecified atom stereocenters. The SMILES string of the molecule is COc1ccc(C(N)(CC2=CC=C=C=C2)c2cc(F)cc(C(F)(F)F)c2)nc1. The van der Waals surface area contributed by atoms with Gasteiger partial charge in [-0.2, -0.15) is 13.2 Å². The smallest absolute Gasteiger partial charge is 0.416 e. The van der Waals surface area contributed by atoms with Crippen LogP contribution in [0.15, 0.2) is 71.8 Å². The zero-order valence-corrected chi connectivity index (χ0v) is 14.8. The summed E-state index contributed by atoms with van der Waals surface area (Å²) in [5, 5.41) is 0. The number of nitrogens with zero attached hydrogens (tertiary/aromatic N) is 1. The van der Waals surface area contributed by atoms with Crippen LogP contribution in [0.4, 0.5) is 17.6 Å². The van der Waals surface area contributed by atoms with Crippen LogP contribution in [-0.4, -0.2) is 12.1 Å². The molecule has 144 valence electrons. The van der Waals surface area contributed by atoms with Crippen molar-refractivity contribution in [3.8, 4) is 5.75 Å². The summed E-state index contributed by atoms with van der Waals surface area (Å²) in [5.74, 6) is -0.565. The zero-order chi connectivity index (χ0) is 20.4. The van der Waals surface area contributed by atoms with Gasteiger partial charge in [0.2, 0.25) is 0 Å². The Morgan fingerprint density at radius 3 is 2.43 bits per heavy atom. The van der Waals surface area contributed by atoms with Crippen LogP contribution in [0.1, 0.15) is 23.2 Å². The fraction of sp³-hybridized carbons (Fsp3) is 0.190. The Hall–Kier alpha value is -3.11. The highest BCUT2D eigenvalue weighted by Crippen LogP contribution is 2.37. The first kappa shape index (κ1) is 19.6. The van der Waals surface area contributed by atoms with Crippen LogP contribution in [0.5, 0.6) is 5.75 Å². The minimum absolute atomic E-state index is 0.0367. The number of hydrogen-bond donors (Lipinski definition) is 1. The first-order valence-electron chi connectivity index (χ1n) is 8.27. The standard InChI is InChI=1S/C21H16F4N2O/c1-28-18-7-8-19(27-13-18)20(26,12-14-5-3-2-4-6-14)15-9-16(21(23,24)25)11-17(22)10-15/h3,5-11,13H,12,26H2,1H3. The van der Waals surface area contributed by atoms with Gasteiger partial charge >= 0.3 is 6.18 Å². The van der Waals surface area contributed by atoms with Crippen molar-refractivity contribution >= 4 is 0 Å². The third-order valence-electron chi connectivity index (χ3n) is 4.37. The number of aromatic nitrogens is 1. The van der Waals surface area contributed by atoms with E-state index in [9.17, 15) is 17.6 Å². The van der Waals surface area contributed by atoms with E-state index >= 15 is 0 Å². The highest BCUT2D eigenvalue weighted by Gasteiger charge is 2.37. The molecule has 0 saturated heterocycles. The van der Waals surface area contributed by atoms with Gasteiger partial charge in [0.25, 0.3) is 0 Å². The van der Waals surface area contributed by atoms with Crippen molar-refractivity contribution in [2.45, 2.75) is 18.1 Å². The lowest BCUT2D eigenvalue weighted by Crippen LogP contribution is -2.39. The molecule has 1 aromatic heterocycles. The fourth-order valence-corrected chi connectivity index (χ4v) is 2.93. The molecule has 1 heterocycles. The minimum Gasteiger partial charge on any atom is -0.495 e. The Labute approximate surface area is 159 Å². The molecule has 2 N–H and O–H groups in total. The van der Waals surface area contributed by atoms with Crippen LogP contribution >= 0.6 is 0 Å². The molecule has 7 heteroatoms. The molecule has 1 atom stereocenters. The Morgan fingerprint density at radius 2 is 1.86 bits per heavy atom. The summed E-state index contributed by atoms with van der Waals surface area (Å²) in [6.45, 7) is 0. The number of pyridine rings is 1. The highest BCUT2D eigenvalue weighted by molar-refractivity contribution is 5.43. The van der Waals surface area contributed by atoms with Gasteiger partial charge in [-0.15, -0.1) is 0 Å². The lowest BCUT2D eigenvalue weighted by molar-refractivity contribution is -0.137. The Bertz CT molecular complexity index is 1010. The molecule has 0 aliphatic heterocycles. The average Bonchev–Trinajstić information content (AvgIpc) is 2.67. The maximum Gasteiger partial charge on any atom is 0.416 e. The van der Waals surface area contributed by atoms with E-state index in [1.54, 1.807) is 30.4 Å². The van der Waals surface area contributed by atoms with Gasteiger partial charge in [0.15, 0.2) is 0 Å². The summed E-state index contributed by atoms with van der Waals surface area (Å²) in [7, 11) is 1.46. The number of allylic oxidation sites excluding steroid dienone is 3. The van der Waals surface area contributed by atoms with Crippen LogP contribution in [0.2, 0.25) is 0 Å². The lowest BCUT2D eigenvalue weighted by atomic mass is 9.80. The summed E-state index contributed by atoms with van der Waals surface area (Å²) < 4.78 is 58.8. The number of rotatable bonds is 5. The van der Waals surface area contributed by atoms with Gasteiger partial charge in [-0.25, -0.2) is 4.39 Å². The predicted octanol–water partition coefficient (Wildman–Crippen LogP) is 4.65. The predicted molar refractivity (Wildman–Crippen MR) is 96.0 cm³/mol. The molecule has 0 radical (unpaired) electrons. The van der Waals surface area contributed by atoms with Crippen LogP contribution < -0.4 is 10.5 Å². The molecule has 0 saturated carbocycles. The van der Waals surface area contributed by atoms with Crippen LogP contribution in [0, 0.1) is 5.82 Å². The Morgan fingerprint density at radius 1 is 1.11 bits per heavy atom. The first-order chi connectivity index (χ1) is 13.2. The van der Waals surface area contributed by atoms with Crippen LogP contribution in [-0.2, 0) is 11.7 Å². The van der Waals surface area contributed by atoms with Gasteiger partial charge in [0.05, 0.1) is 30.1 Å². The molecular weight excluding hydrogens is 372 g/mol. The summed E-state index contributed by atoms with van der Waals surface area (Å²) in [6.07, 6.45) is 1.73. The number of methoxy groups -OCH3 is 1. The minimum atomic E-state index is -4.71. The number of nitrogens with two attached hydrogens (primary N) is 1. The Balaban J connectivity index is 2.15. The van der Waals surface area contributed by atoms with Gasteiger partial charge in [-0.1, -0.05) is 11.5 Å².